The van der Waals surface area contributed by atoms with Crippen molar-refractivity contribution in [1.29, 1.82) is 0 Å². The Labute approximate surface area is 148 Å². The fourth-order valence-electron chi connectivity index (χ4n) is 6.82. The molecule has 2 bridgehead atoms. The Morgan fingerprint density at radius 2 is 1.92 bits per heavy atom. The molecule has 0 aromatic carbocycles. The summed E-state index contributed by atoms with van der Waals surface area (Å²) in [6, 6.07) is -0.657. The molecule has 4 N–H and O–H groups in total. The fraction of sp³-hybridized carbons (Fsp3) is 0.833. The van der Waals surface area contributed by atoms with E-state index in [1.54, 1.807) is 11.2 Å². The van der Waals surface area contributed by atoms with Crippen LogP contribution in [0.3, 0.4) is 0 Å². The van der Waals surface area contributed by atoms with Crippen LogP contribution in [0.15, 0.2) is 4.99 Å². The first-order valence-corrected chi connectivity index (χ1v) is 9.28. The SMILES string of the molecule is CC12CCC(C1)C(C)(C)C2C1(C(N)=O)N=CN2CCN(C(N)=O)CC21. The van der Waals surface area contributed by atoms with Crippen molar-refractivity contribution in [1.82, 2.24) is 9.80 Å². The van der Waals surface area contributed by atoms with E-state index in [-0.39, 0.29) is 28.7 Å². The van der Waals surface area contributed by atoms with Crippen LogP contribution >= 0.6 is 0 Å². The number of aliphatic imine (C=N–C) groups is 1. The molecular formula is C18H29N5O2. The molecule has 4 rings (SSSR count). The minimum Gasteiger partial charge on any atom is -0.367 e. The normalized spacial score (nSPS) is 44.2. The minimum absolute atomic E-state index is 0.00954. The van der Waals surface area contributed by atoms with Gasteiger partial charge in [-0.25, -0.2) is 4.79 Å². The third kappa shape index (κ3) is 1.95. The van der Waals surface area contributed by atoms with Crippen LogP contribution in [0.4, 0.5) is 4.79 Å². The number of carbonyl (C=O) groups is 2. The number of carbonyl (C=O) groups excluding carboxylic acids is 2. The zero-order chi connectivity index (χ0) is 18.2. The van der Waals surface area contributed by atoms with Crippen molar-refractivity contribution in [2.45, 2.75) is 51.6 Å². The zero-order valence-electron chi connectivity index (χ0n) is 15.4. The number of hydrogen-bond donors (Lipinski definition) is 2. The van der Waals surface area contributed by atoms with E-state index in [0.717, 1.165) is 12.8 Å². The lowest BCUT2D eigenvalue weighted by Gasteiger charge is -2.53. The van der Waals surface area contributed by atoms with Gasteiger partial charge in [-0.1, -0.05) is 20.8 Å². The molecule has 4 aliphatic rings. The van der Waals surface area contributed by atoms with E-state index >= 15 is 0 Å². The Hall–Kier alpha value is -1.79. The molecule has 5 atom stereocenters. The lowest BCUT2D eigenvalue weighted by molar-refractivity contribution is -0.134. The minimum atomic E-state index is -0.985. The van der Waals surface area contributed by atoms with Gasteiger partial charge in [0.15, 0.2) is 5.54 Å². The number of amides is 3. The summed E-state index contributed by atoms with van der Waals surface area (Å²) in [5.74, 6) is 0.302. The Kier molecular flexibility index (Phi) is 3.26. The molecule has 3 fully saturated rings. The van der Waals surface area contributed by atoms with Crippen LogP contribution in [0.2, 0.25) is 0 Å². The van der Waals surface area contributed by atoms with Crippen molar-refractivity contribution in [3.05, 3.63) is 0 Å². The number of primary amides is 2. The van der Waals surface area contributed by atoms with Crippen LogP contribution in [0.25, 0.3) is 0 Å². The molecule has 7 nitrogen and oxygen atoms in total. The summed E-state index contributed by atoms with van der Waals surface area (Å²) in [7, 11) is 0. The summed E-state index contributed by atoms with van der Waals surface area (Å²) in [6.45, 7) is 8.43. The predicted octanol–water partition coefficient (Wildman–Crippen LogP) is 0.780. The molecule has 0 spiro atoms. The van der Waals surface area contributed by atoms with Crippen molar-refractivity contribution < 1.29 is 9.59 Å². The van der Waals surface area contributed by atoms with Crippen LogP contribution in [0.1, 0.15) is 40.0 Å². The summed E-state index contributed by atoms with van der Waals surface area (Å²) in [5, 5.41) is 0. The van der Waals surface area contributed by atoms with Crippen molar-refractivity contribution in [3.8, 4) is 0 Å². The summed E-state index contributed by atoms with van der Waals surface area (Å²) in [5.41, 5.74) is 10.6. The molecule has 2 saturated carbocycles. The number of fused-ring (bicyclic) bond motifs is 3. The summed E-state index contributed by atoms with van der Waals surface area (Å²) in [6.07, 6.45) is 5.24. The zero-order valence-corrected chi connectivity index (χ0v) is 15.4. The van der Waals surface area contributed by atoms with Crippen molar-refractivity contribution in [2.24, 2.45) is 39.1 Å². The second-order valence-corrected chi connectivity index (χ2v) is 9.32. The van der Waals surface area contributed by atoms with Crippen LogP contribution in [-0.4, -0.2) is 59.3 Å². The molecule has 3 amide bonds. The summed E-state index contributed by atoms with van der Waals surface area (Å²) < 4.78 is 0. The number of rotatable bonds is 2. The van der Waals surface area contributed by atoms with Gasteiger partial charge in [0, 0.05) is 25.6 Å². The third-order valence-electron chi connectivity index (χ3n) is 7.77. The molecule has 7 heteroatoms. The monoisotopic (exact) mass is 347 g/mol. The molecule has 1 saturated heterocycles. The highest BCUT2D eigenvalue weighted by atomic mass is 16.2. The maximum Gasteiger partial charge on any atom is 0.314 e. The van der Waals surface area contributed by atoms with E-state index in [1.807, 2.05) is 0 Å². The van der Waals surface area contributed by atoms with Crippen molar-refractivity contribution in [3.63, 3.8) is 0 Å². The molecule has 2 heterocycles. The first-order valence-electron chi connectivity index (χ1n) is 9.28. The third-order valence-corrected chi connectivity index (χ3v) is 7.77. The molecule has 5 unspecified atom stereocenters. The molecule has 2 aliphatic heterocycles. The van der Waals surface area contributed by atoms with Crippen molar-refractivity contribution >= 4 is 18.3 Å². The average molecular weight is 347 g/mol. The highest BCUT2D eigenvalue weighted by molar-refractivity contribution is 5.91. The van der Waals surface area contributed by atoms with Gasteiger partial charge in [0.25, 0.3) is 0 Å². The first-order chi connectivity index (χ1) is 11.6. The number of nitrogens with zero attached hydrogens (tertiary/aromatic N) is 3. The van der Waals surface area contributed by atoms with Gasteiger partial charge in [-0.05, 0) is 36.0 Å². The number of piperazine rings is 1. The Balaban J connectivity index is 1.80. The van der Waals surface area contributed by atoms with Gasteiger partial charge in [-0.15, -0.1) is 0 Å². The highest BCUT2D eigenvalue weighted by Crippen LogP contribution is 2.70. The standard InChI is InChI=1S/C18H29N5O2/c1-16(2)11-4-5-17(3,8-11)13(16)18(14(19)24)12-9-22(15(20)25)6-7-23(12)10-21-18/h10-13H,4-9H2,1-3H3,(H2,19,24)(H2,20,25). The van der Waals surface area contributed by atoms with Gasteiger partial charge in [0.1, 0.15) is 0 Å². The quantitative estimate of drug-likeness (QED) is 0.771. The second-order valence-electron chi connectivity index (χ2n) is 9.32. The largest absolute Gasteiger partial charge is 0.367 e. The smallest absolute Gasteiger partial charge is 0.314 e. The van der Waals surface area contributed by atoms with E-state index < -0.39 is 11.6 Å². The number of hydrogen-bond acceptors (Lipinski definition) is 4. The molecular weight excluding hydrogens is 318 g/mol. The van der Waals surface area contributed by atoms with E-state index in [2.05, 4.69) is 25.7 Å². The fourth-order valence-corrected chi connectivity index (χ4v) is 6.82. The Morgan fingerprint density at radius 3 is 2.48 bits per heavy atom. The van der Waals surface area contributed by atoms with E-state index in [4.69, 9.17) is 16.5 Å². The Morgan fingerprint density at radius 1 is 1.20 bits per heavy atom. The summed E-state index contributed by atoms with van der Waals surface area (Å²) in [4.78, 5) is 33.1. The molecule has 0 aromatic rings. The van der Waals surface area contributed by atoms with Crippen LogP contribution in [0.5, 0.6) is 0 Å². The van der Waals surface area contributed by atoms with Gasteiger partial charge in [-0.3, -0.25) is 9.79 Å². The van der Waals surface area contributed by atoms with Gasteiger partial charge < -0.3 is 21.3 Å². The summed E-state index contributed by atoms with van der Waals surface area (Å²) >= 11 is 0. The van der Waals surface area contributed by atoms with Crippen LogP contribution in [0, 0.1) is 22.7 Å². The maximum absolute atomic E-state index is 12.9. The van der Waals surface area contributed by atoms with Gasteiger partial charge >= 0.3 is 6.03 Å². The van der Waals surface area contributed by atoms with Gasteiger partial charge in [0.05, 0.1) is 12.4 Å². The van der Waals surface area contributed by atoms with Crippen LogP contribution in [-0.2, 0) is 4.79 Å². The molecule has 0 aromatic heterocycles. The average Bonchev–Trinajstić information content (AvgIpc) is 3.14. The Bertz CT molecular complexity index is 657. The van der Waals surface area contributed by atoms with Gasteiger partial charge in [-0.2, -0.15) is 0 Å². The van der Waals surface area contributed by atoms with E-state index in [0.29, 0.717) is 25.6 Å². The molecule has 25 heavy (non-hydrogen) atoms. The predicted molar refractivity (Wildman–Crippen MR) is 94.8 cm³/mol. The van der Waals surface area contributed by atoms with Crippen molar-refractivity contribution in [2.75, 3.05) is 19.6 Å². The highest BCUT2D eigenvalue weighted by Gasteiger charge is 2.71. The topological polar surface area (TPSA) is 105 Å². The van der Waals surface area contributed by atoms with Crippen LogP contribution < -0.4 is 11.5 Å². The number of nitrogens with two attached hydrogens (primary N) is 2. The lowest BCUT2D eigenvalue weighted by Crippen LogP contribution is -2.69. The van der Waals surface area contributed by atoms with Gasteiger partial charge in [0.2, 0.25) is 5.91 Å². The molecule has 0 radical (unpaired) electrons. The van der Waals surface area contributed by atoms with E-state index in [1.165, 1.54) is 6.42 Å². The second kappa shape index (κ2) is 4.89. The first kappa shape index (κ1) is 16.7. The molecule has 2 aliphatic carbocycles. The lowest BCUT2D eigenvalue weighted by atomic mass is 9.54. The maximum atomic E-state index is 12.9. The molecule has 138 valence electrons. The van der Waals surface area contributed by atoms with E-state index in [9.17, 15) is 9.59 Å². The number of urea groups is 1.